The van der Waals surface area contributed by atoms with E-state index in [1.807, 2.05) is 24.3 Å². The van der Waals surface area contributed by atoms with Gasteiger partial charge in [0.15, 0.2) is 0 Å². The largest absolute Gasteiger partial charge is 0.396 e. The molecule has 0 aromatic heterocycles. The average molecular weight is 335 g/mol. The minimum absolute atomic E-state index is 0.322. The third-order valence-corrected chi connectivity index (χ3v) is 4.88. The smallest absolute Gasteiger partial charge is 0.0991 e. The number of nitrogens with zero attached hydrogens (tertiary/aromatic N) is 2. The molecule has 0 bridgehead atoms. The lowest BCUT2D eigenvalue weighted by molar-refractivity contribution is 0.127. The standard InChI is InChI=1S/C21H25N3O/c22-13-17-4-6-18(7-5-17)14-23-21-3-1-2-20(12-21)15-24-10-8-19(16-25)9-11-24/h1-7,12,19,23,25H,8-11,14-16H2. The van der Waals surface area contributed by atoms with Crippen molar-refractivity contribution in [2.45, 2.75) is 25.9 Å². The van der Waals surface area contributed by atoms with E-state index in [1.165, 1.54) is 5.56 Å². The summed E-state index contributed by atoms with van der Waals surface area (Å²) in [6.07, 6.45) is 2.18. The Morgan fingerprint density at radius 1 is 1.08 bits per heavy atom. The molecule has 1 fully saturated rings. The molecule has 3 rings (SSSR count). The molecule has 1 heterocycles. The second kappa shape index (κ2) is 8.66. The number of hydrogen-bond acceptors (Lipinski definition) is 4. The van der Waals surface area contributed by atoms with Crippen molar-refractivity contribution < 1.29 is 5.11 Å². The van der Waals surface area contributed by atoms with E-state index >= 15 is 0 Å². The number of nitriles is 1. The van der Waals surface area contributed by atoms with E-state index in [4.69, 9.17) is 5.26 Å². The summed E-state index contributed by atoms with van der Waals surface area (Å²) in [5.41, 5.74) is 4.28. The molecule has 4 heteroatoms. The van der Waals surface area contributed by atoms with Crippen LogP contribution in [0.4, 0.5) is 5.69 Å². The van der Waals surface area contributed by atoms with E-state index in [9.17, 15) is 5.11 Å². The number of hydrogen-bond donors (Lipinski definition) is 2. The Labute approximate surface area is 149 Å². The van der Waals surface area contributed by atoms with Crippen molar-refractivity contribution in [2.24, 2.45) is 5.92 Å². The molecule has 0 saturated carbocycles. The first-order valence-electron chi connectivity index (χ1n) is 8.92. The van der Waals surface area contributed by atoms with Crippen molar-refractivity contribution in [1.29, 1.82) is 5.26 Å². The summed E-state index contributed by atoms with van der Waals surface area (Å²) < 4.78 is 0. The zero-order valence-electron chi connectivity index (χ0n) is 14.5. The normalized spacial score (nSPS) is 15.7. The summed E-state index contributed by atoms with van der Waals surface area (Å²) in [6, 6.07) is 18.4. The van der Waals surface area contributed by atoms with Gasteiger partial charge in [-0.15, -0.1) is 0 Å². The van der Waals surface area contributed by atoms with Gasteiger partial charge in [0.25, 0.3) is 0 Å². The maximum Gasteiger partial charge on any atom is 0.0991 e. The molecule has 2 N–H and O–H groups in total. The fourth-order valence-corrected chi connectivity index (χ4v) is 3.27. The van der Waals surface area contributed by atoms with Gasteiger partial charge in [-0.05, 0) is 67.2 Å². The Bertz CT molecular complexity index is 713. The maximum atomic E-state index is 9.24. The highest BCUT2D eigenvalue weighted by atomic mass is 16.3. The number of benzene rings is 2. The van der Waals surface area contributed by atoms with Gasteiger partial charge < -0.3 is 10.4 Å². The van der Waals surface area contributed by atoms with Gasteiger partial charge in [0, 0.05) is 25.4 Å². The van der Waals surface area contributed by atoms with Gasteiger partial charge >= 0.3 is 0 Å². The van der Waals surface area contributed by atoms with Crippen molar-refractivity contribution in [2.75, 3.05) is 25.0 Å². The molecule has 130 valence electrons. The van der Waals surface area contributed by atoms with Gasteiger partial charge in [0.05, 0.1) is 11.6 Å². The van der Waals surface area contributed by atoms with Crippen LogP contribution >= 0.6 is 0 Å². The van der Waals surface area contributed by atoms with Crippen LogP contribution < -0.4 is 5.32 Å². The minimum Gasteiger partial charge on any atom is -0.396 e. The number of anilines is 1. The minimum atomic E-state index is 0.322. The highest BCUT2D eigenvalue weighted by Crippen LogP contribution is 2.20. The third kappa shape index (κ3) is 5.06. The lowest BCUT2D eigenvalue weighted by atomic mass is 9.97. The number of likely N-dealkylation sites (tertiary alicyclic amines) is 1. The maximum absolute atomic E-state index is 9.24. The highest BCUT2D eigenvalue weighted by Gasteiger charge is 2.18. The number of piperidine rings is 1. The molecule has 2 aromatic rings. The molecular formula is C21H25N3O. The van der Waals surface area contributed by atoms with Crippen LogP contribution in [-0.4, -0.2) is 29.7 Å². The van der Waals surface area contributed by atoms with Gasteiger partial charge in [0.2, 0.25) is 0 Å². The molecule has 0 spiro atoms. The highest BCUT2D eigenvalue weighted by molar-refractivity contribution is 5.46. The number of aliphatic hydroxyl groups is 1. The summed E-state index contributed by atoms with van der Waals surface area (Å²) in [4.78, 5) is 2.46. The van der Waals surface area contributed by atoms with Crippen LogP contribution in [0.25, 0.3) is 0 Å². The summed E-state index contributed by atoms with van der Waals surface area (Å²) in [6.45, 7) is 4.16. The van der Waals surface area contributed by atoms with Crippen LogP contribution in [0.3, 0.4) is 0 Å². The summed E-state index contributed by atoms with van der Waals surface area (Å²) >= 11 is 0. The van der Waals surface area contributed by atoms with E-state index in [1.54, 1.807) is 0 Å². The van der Waals surface area contributed by atoms with E-state index < -0.39 is 0 Å². The molecule has 1 saturated heterocycles. The van der Waals surface area contributed by atoms with Crippen LogP contribution in [0.1, 0.15) is 29.5 Å². The first kappa shape index (κ1) is 17.5. The Morgan fingerprint density at radius 2 is 1.84 bits per heavy atom. The number of nitrogens with one attached hydrogen (secondary N) is 1. The molecule has 0 amide bonds. The monoisotopic (exact) mass is 335 g/mol. The van der Waals surface area contributed by atoms with Gasteiger partial charge in [-0.1, -0.05) is 24.3 Å². The van der Waals surface area contributed by atoms with Gasteiger partial charge in [-0.3, -0.25) is 4.90 Å². The topological polar surface area (TPSA) is 59.3 Å². The summed E-state index contributed by atoms with van der Waals surface area (Å²) in [5.74, 6) is 0.483. The number of aliphatic hydroxyl groups excluding tert-OH is 1. The second-order valence-corrected chi connectivity index (χ2v) is 6.76. The van der Waals surface area contributed by atoms with Crippen molar-refractivity contribution in [3.8, 4) is 6.07 Å². The Hall–Kier alpha value is -2.35. The Balaban J connectivity index is 1.53. The lowest BCUT2D eigenvalue weighted by Gasteiger charge is -2.31. The van der Waals surface area contributed by atoms with E-state index in [2.05, 4.69) is 40.6 Å². The average Bonchev–Trinajstić information content (AvgIpc) is 2.68. The van der Waals surface area contributed by atoms with E-state index in [0.717, 1.165) is 50.3 Å². The first-order chi connectivity index (χ1) is 12.3. The zero-order chi connectivity index (χ0) is 17.5. The van der Waals surface area contributed by atoms with Gasteiger partial charge in [-0.25, -0.2) is 0 Å². The third-order valence-electron chi connectivity index (χ3n) is 4.88. The van der Waals surface area contributed by atoms with Crippen LogP contribution in [0, 0.1) is 17.2 Å². The van der Waals surface area contributed by atoms with Gasteiger partial charge in [0.1, 0.15) is 0 Å². The molecule has 25 heavy (non-hydrogen) atoms. The fraction of sp³-hybridized carbons (Fsp3) is 0.381. The van der Waals surface area contributed by atoms with Gasteiger partial charge in [-0.2, -0.15) is 5.26 Å². The molecule has 1 aliphatic heterocycles. The second-order valence-electron chi connectivity index (χ2n) is 6.76. The van der Waals surface area contributed by atoms with Crippen LogP contribution in [0.2, 0.25) is 0 Å². The molecule has 0 aliphatic carbocycles. The molecular weight excluding hydrogens is 310 g/mol. The fourth-order valence-electron chi connectivity index (χ4n) is 3.27. The summed E-state index contributed by atoms with van der Waals surface area (Å²) in [7, 11) is 0. The van der Waals surface area contributed by atoms with E-state index in [0.29, 0.717) is 18.1 Å². The molecule has 0 unspecified atom stereocenters. The Morgan fingerprint density at radius 3 is 2.52 bits per heavy atom. The molecule has 4 nitrogen and oxygen atoms in total. The van der Waals surface area contributed by atoms with Crippen LogP contribution in [0.15, 0.2) is 48.5 Å². The van der Waals surface area contributed by atoms with Crippen molar-refractivity contribution >= 4 is 5.69 Å². The van der Waals surface area contributed by atoms with Crippen LogP contribution in [-0.2, 0) is 13.1 Å². The predicted molar refractivity (Wildman–Crippen MR) is 100 cm³/mol. The first-order valence-corrected chi connectivity index (χ1v) is 8.92. The quantitative estimate of drug-likeness (QED) is 0.850. The van der Waals surface area contributed by atoms with Crippen molar-refractivity contribution in [3.05, 3.63) is 65.2 Å². The van der Waals surface area contributed by atoms with Crippen LogP contribution in [0.5, 0.6) is 0 Å². The Kier molecular flexibility index (Phi) is 6.05. The summed E-state index contributed by atoms with van der Waals surface area (Å²) in [5, 5.41) is 21.5. The molecule has 2 aromatic carbocycles. The molecule has 0 atom stereocenters. The van der Waals surface area contributed by atoms with E-state index in [-0.39, 0.29) is 0 Å². The SMILES string of the molecule is N#Cc1ccc(CNc2cccc(CN3CCC(CO)CC3)c2)cc1. The number of rotatable bonds is 6. The predicted octanol–water partition coefficient (Wildman–Crippen LogP) is 3.37. The van der Waals surface area contributed by atoms with Crippen molar-refractivity contribution in [3.63, 3.8) is 0 Å². The zero-order valence-corrected chi connectivity index (χ0v) is 14.5. The molecule has 1 aliphatic rings. The lowest BCUT2D eigenvalue weighted by Crippen LogP contribution is -2.34. The molecule has 0 radical (unpaired) electrons. The van der Waals surface area contributed by atoms with Crippen molar-refractivity contribution in [1.82, 2.24) is 4.90 Å².